The average molecular weight is 392 g/mol. The highest BCUT2D eigenvalue weighted by atomic mass is 16.6. The fourth-order valence-corrected chi connectivity index (χ4v) is 4.87. The first-order chi connectivity index (χ1) is 14.1. The standard InChI is InChI=1S/C25H29NO3/c1-18(20-12-14-22(15-13-20)21-10-6-3-7-11-21)24(27)26-23(17-29-25(26)28)16-19-8-4-2-5-9-19/h2-11,18,20,22-23H,12-17H2,1H3. The predicted octanol–water partition coefficient (Wildman–Crippen LogP) is 5.19. The molecule has 29 heavy (non-hydrogen) atoms. The van der Waals surface area contributed by atoms with E-state index in [2.05, 4.69) is 30.3 Å². The van der Waals surface area contributed by atoms with E-state index in [1.807, 2.05) is 37.3 Å². The van der Waals surface area contributed by atoms with Crippen LogP contribution < -0.4 is 0 Å². The molecule has 2 unspecified atom stereocenters. The number of benzene rings is 2. The van der Waals surface area contributed by atoms with Gasteiger partial charge in [-0.15, -0.1) is 0 Å². The van der Waals surface area contributed by atoms with Crippen molar-refractivity contribution in [1.82, 2.24) is 4.90 Å². The van der Waals surface area contributed by atoms with E-state index in [0.717, 1.165) is 31.2 Å². The van der Waals surface area contributed by atoms with E-state index in [9.17, 15) is 9.59 Å². The van der Waals surface area contributed by atoms with Crippen LogP contribution in [0, 0.1) is 11.8 Å². The fourth-order valence-electron chi connectivity index (χ4n) is 4.87. The van der Waals surface area contributed by atoms with Gasteiger partial charge in [0.05, 0.1) is 6.04 Å². The van der Waals surface area contributed by atoms with Gasteiger partial charge in [0.15, 0.2) is 0 Å². The second-order valence-electron chi connectivity index (χ2n) is 8.44. The van der Waals surface area contributed by atoms with E-state index in [0.29, 0.717) is 18.3 Å². The quantitative estimate of drug-likeness (QED) is 0.705. The van der Waals surface area contributed by atoms with E-state index < -0.39 is 6.09 Å². The van der Waals surface area contributed by atoms with Crippen molar-refractivity contribution in [3.8, 4) is 0 Å². The van der Waals surface area contributed by atoms with Crippen LogP contribution in [0.25, 0.3) is 0 Å². The normalized spacial score (nSPS) is 25.5. The number of carbonyl (C=O) groups excluding carboxylic acids is 2. The number of hydrogen-bond acceptors (Lipinski definition) is 3. The van der Waals surface area contributed by atoms with Gasteiger partial charge in [0.1, 0.15) is 6.61 Å². The van der Waals surface area contributed by atoms with Gasteiger partial charge in [0, 0.05) is 5.92 Å². The molecule has 0 radical (unpaired) electrons. The number of nitrogens with zero attached hydrogens (tertiary/aromatic N) is 1. The minimum atomic E-state index is -0.485. The summed E-state index contributed by atoms with van der Waals surface area (Å²) in [5, 5.41) is 0. The summed E-state index contributed by atoms with van der Waals surface area (Å²) >= 11 is 0. The second kappa shape index (κ2) is 8.81. The summed E-state index contributed by atoms with van der Waals surface area (Å²) in [5.41, 5.74) is 2.51. The van der Waals surface area contributed by atoms with Crippen LogP contribution in [0.5, 0.6) is 0 Å². The van der Waals surface area contributed by atoms with Crippen LogP contribution in [0.2, 0.25) is 0 Å². The molecule has 2 amide bonds. The van der Waals surface area contributed by atoms with E-state index >= 15 is 0 Å². The molecule has 152 valence electrons. The van der Waals surface area contributed by atoms with Gasteiger partial charge in [-0.25, -0.2) is 9.69 Å². The van der Waals surface area contributed by atoms with Crippen LogP contribution in [0.1, 0.15) is 49.7 Å². The topological polar surface area (TPSA) is 46.6 Å². The van der Waals surface area contributed by atoms with Crippen LogP contribution in [0.15, 0.2) is 60.7 Å². The average Bonchev–Trinajstić information content (AvgIpc) is 3.14. The number of rotatable bonds is 5. The van der Waals surface area contributed by atoms with Crippen LogP contribution in [0.3, 0.4) is 0 Å². The van der Waals surface area contributed by atoms with Crippen molar-refractivity contribution in [2.45, 2.75) is 51.0 Å². The third kappa shape index (κ3) is 4.36. The molecule has 4 rings (SSSR count). The maximum absolute atomic E-state index is 13.2. The minimum Gasteiger partial charge on any atom is -0.447 e. The molecule has 1 heterocycles. The van der Waals surface area contributed by atoms with Crippen molar-refractivity contribution in [1.29, 1.82) is 0 Å². The van der Waals surface area contributed by atoms with Crippen molar-refractivity contribution in [2.24, 2.45) is 11.8 Å². The first kappa shape index (κ1) is 19.7. The number of ether oxygens (including phenoxy) is 1. The number of amides is 2. The van der Waals surface area contributed by atoms with Crippen LogP contribution in [-0.4, -0.2) is 29.5 Å². The molecule has 1 saturated heterocycles. The molecule has 4 nitrogen and oxygen atoms in total. The van der Waals surface area contributed by atoms with Crippen molar-refractivity contribution in [3.63, 3.8) is 0 Å². The van der Waals surface area contributed by atoms with Crippen molar-refractivity contribution < 1.29 is 14.3 Å². The van der Waals surface area contributed by atoms with Crippen LogP contribution in [0.4, 0.5) is 4.79 Å². The van der Waals surface area contributed by atoms with Gasteiger partial charge >= 0.3 is 6.09 Å². The number of imide groups is 1. The van der Waals surface area contributed by atoms with Crippen molar-refractivity contribution in [3.05, 3.63) is 71.8 Å². The Bertz CT molecular complexity index is 828. The Morgan fingerprint density at radius 2 is 1.62 bits per heavy atom. The summed E-state index contributed by atoms with van der Waals surface area (Å²) in [6.45, 7) is 2.27. The SMILES string of the molecule is CC(C(=O)N1C(=O)OCC1Cc1ccccc1)C1CCC(c2ccccc2)CC1. The van der Waals surface area contributed by atoms with Crippen LogP contribution >= 0.6 is 0 Å². The van der Waals surface area contributed by atoms with Gasteiger partial charge < -0.3 is 4.74 Å². The van der Waals surface area contributed by atoms with Gasteiger partial charge in [-0.05, 0) is 55.1 Å². The van der Waals surface area contributed by atoms with Gasteiger partial charge in [-0.3, -0.25) is 4.79 Å². The zero-order valence-electron chi connectivity index (χ0n) is 17.0. The lowest BCUT2D eigenvalue weighted by Crippen LogP contribution is -2.45. The molecule has 0 N–H and O–H groups in total. The molecule has 1 aliphatic heterocycles. The maximum atomic E-state index is 13.2. The van der Waals surface area contributed by atoms with Gasteiger partial charge in [-0.1, -0.05) is 67.6 Å². The van der Waals surface area contributed by atoms with Crippen molar-refractivity contribution in [2.75, 3.05) is 6.61 Å². The van der Waals surface area contributed by atoms with Gasteiger partial charge in [0.2, 0.25) is 5.91 Å². The Morgan fingerprint density at radius 1 is 1.00 bits per heavy atom. The lowest BCUT2D eigenvalue weighted by Gasteiger charge is -2.33. The zero-order chi connectivity index (χ0) is 20.2. The van der Waals surface area contributed by atoms with Crippen molar-refractivity contribution >= 4 is 12.0 Å². The molecule has 0 spiro atoms. The highest BCUT2D eigenvalue weighted by molar-refractivity contribution is 5.94. The number of cyclic esters (lactones) is 1. The van der Waals surface area contributed by atoms with E-state index in [1.54, 1.807) is 0 Å². The number of hydrogen-bond donors (Lipinski definition) is 0. The summed E-state index contributed by atoms with van der Waals surface area (Å²) in [6, 6.07) is 20.4. The zero-order valence-corrected chi connectivity index (χ0v) is 17.0. The molecule has 2 aromatic rings. The first-order valence-corrected chi connectivity index (χ1v) is 10.7. The third-order valence-corrected chi connectivity index (χ3v) is 6.65. The molecule has 2 aromatic carbocycles. The summed E-state index contributed by atoms with van der Waals surface area (Å²) in [5.74, 6) is 0.679. The largest absolute Gasteiger partial charge is 0.447 e. The predicted molar refractivity (Wildman–Crippen MR) is 112 cm³/mol. The molecule has 1 saturated carbocycles. The third-order valence-electron chi connectivity index (χ3n) is 6.65. The molecule has 4 heteroatoms. The monoisotopic (exact) mass is 391 g/mol. The first-order valence-electron chi connectivity index (χ1n) is 10.7. The second-order valence-corrected chi connectivity index (χ2v) is 8.44. The van der Waals surface area contributed by atoms with E-state index in [4.69, 9.17) is 4.74 Å². The van der Waals surface area contributed by atoms with E-state index in [1.165, 1.54) is 10.5 Å². The summed E-state index contributed by atoms with van der Waals surface area (Å²) in [6.07, 6.45) is 4.41. The van der Waals surface area contributed by atoms with Gasteiger partial charge in [0.25, 0.3) is 0 Å². The van der Waals surface area contributed by atoms with Gasteiger partial charge in [-0.2, -0.15) is 0 Å². The Labute approximate surface area is 172 Å². The molecular weight excluding hydrogens is 362 g/mol. The van der Waals surface area contributed by atoms with E-state index in [-0.39, 0.29) is 24.5 Å². The maximum Gasteiger partial charge on any atom is 0.416 e. The highest BCUT2D eigenvalue weighted by Crippen LogP contribution is 2.39. The Balaban J connectivity index is 1.38. The molecule has 2 atom stereocenters. The summed E-state index contributed by atoms with van der Waals surface area (Å²) in [4.78, 5) is 26.9. The lowest BCUT2D eigenvalue weighted by molar-refractivity contribution is -0.135. The Morgan fingerprint density at radius 3 is 2.28 bits per heavy atom. The fraction of sp³-hybridized carbons (Fsp3) is 0.440. The smallest absolute Gasteiger partial charge is 0.416 e. The Kier molecular flexibility index (Phi) is 5.98. The minimum absolute atomic E-state index is 0.0726. The Hall–Kier alpha value is -2.62. The molecule has 2 aliphatic rings. The molecule has 0 aromatic heterocycles. The summed E-state index contributed by atoms with van der Waals surface area (Å²) < 4.78 is 5.25. The van der Waals surface area contributed by atoms with Crippen LogP contribution in [-0.2, 0) is 16.0 Å². The highest BCUT2D eigenvalue weighted by Gasteiger charge is 2.42. The lowest BCUT2D eigenvalue weighted by atomic mass is 9.74. The number of carbonyl (C=O) groups is 2. The molecular formula is C25H29NO3. The molecule has 0 bridgehead atoms. The summed E-state index contributed by atoms with van der Waals surface area (Å²) in [7, 11) is 0. The molecule has 2 fully saturated rings. The molecule has 1 aliphatic carbocycles.